The summed E-state index contributed by atoms with van der Waals surface area (Å²) >= 11 is 1.25. The van der Waals surface area contributed by atoms with E-state index in [9.17, 15) is 19.2 Å². The highest BCUT2D eigenvalue weighted by molar-refractivity contribution is 8.13. The normalized spacial score (nSPS) is 13.2. The summed E-state index contributed by atoms with van der Waals surface area (Å²) in [5, 5.41) is 16.8. The minimum absolute atomic E-state index is 0.0503. The lowest BCUT2D eigenvalue weighted by Gasteiger charge is -2.07. The molecule has 2 aromatic heterocycles. The van der Waals surface area contributed by atoms with Gasteiger partial charge in [-0.3, -0.25) is 29.9 Å². The zero-order chi connectivity index (χ0) is 28.6. The fraction of sp³-hybridized carbons (Fsp3) is 0.179. The van der Waals surface area contributed by atoms with Crippen LogP contribution in [0.1, 0.15) is 31.4 Å². The monoisotopic (exact) mass is 557 g/mol. The number of imide groups is 1. The van der Waals surface area contributed by atoms with Gasteiger partial charge < -0.3 is 25.9 Å². The smallest absolute Gasteiger partial charge is 0.259 e. The van der Waals surface area contributed by atoms with Crippen LogP contribution in [0.5, 0.6) is 0 Å². The largest absolute Gasteiger partial charge is 0.379 e. The maximum absolute atomic E-state index is 13.3. The summed E-state index contributed by atoms with van der Waals surface area (Å²) < 4.78 is 1.99. The van der Waals surface area contributed by atoms with Gasteiger partial charge in [-0.2, -0.15) is 0 Å². The average molecular weight is 558 g/mol. The Kier molecular flexibility index (Phi) is 7.18. The van der Waals surface area contributed by atoms with Crippen molar-refractivity contribution < 1.29 is 19.2 Å². The van der Waals surface area contributed by atoms with Gasteiger partial charge in [0.05, 0.1) is 11.1 Å². The first-order valence-corrected chi connectivity index (χ1v) is 13.5. The molecule has 204 valence electrons. The van der Waals surface area contributed by atoms with Crippen molar-refractivity contribution in [1.29, 1.82) is 5.41 Å². The predicted octanol–water partition coefficient (Wildman–Crippen LogP) is 3.62. The topological polar surface area (TPSA) is 175 Å². The Morgan fingerprint density at radius 2 is 1.57 bits per heavy atom. The Morgan fingerprint density at radius 1 is 0.950 bits per heavy atom. The molecule has 1 aliphatic rings. The Morgan fingerprint density at radius 3 is 2.23 bits per heavy atom. The van der Waals surface area contributed by atoms with Crippen molar-refractivity contribution in [2.24, 2.45) is 5.73 Å². The van der Waals surface area contributed by atoms with Gasteiger partial charge >= 0.3 is 0 Å². The quantitative estimate of drug-likeness (QED) is 0.0835. The van der Waals surface area contributed by atoms with Gasteiger partial charge in [0.25, 0.3) is 11.8 Å². The van der Waals surface area contributed by atoms with Gasteiger partial charge in [0.15, 0.2) is 5.17 Å². The number of amidine groups is 1. The number of nitrogens with zero attached hydrogens (tertiary/aromatic N) is 1. The second kappa shape index (κ2) is 10.7. The van der Waals surface area contributed by atoms with Gasteiger partial charge in [0.2, 0.25) is 11.8 Å². The van der Waals surface area contributed by atoms with Crippen LogP contribution in [-0.4, -0.2) is 44.1 Å². The van der Waals surface area contributed by atoms with Gasteiger partial charge in [-0.1, -0.05) is 11.8 Å². The first-order valence-electron chi connectivity index (χ1n) is 12.5. The molecule has 40 heavy (non-hydrogen) atoms. The summed E-state index contributed by atoms with van der Waals surface area (Å²) in [7, 11) is 0. The highest BCUT2D eigenvalue weighted by Gasteiger charge is 2.35. The van der Waals surface area contributed by atoms with Crippen molar-refractivity contribution in [2.45, 2.75) is 26.8 Å². The molecule has 12 heteroatoms. The Bertz CT molecular complexity index is 1760. The van der Waals surface area contributed by atoms with E-state index in [2.05, 4.69) is 20.9 Å². The van der Waals surface area contributed by atoms with Crippen molar-refractivity contribution in [3.8, 4) is 0 Å². The Hall–Kier alpha value is -4.84. The number of aromatic nitrogens is 2. The number of hydrogen-bond donors (Lipinski definition) is 6. The van der Waals surface area contributed by atoms with Crippen molar-refractivity contribution in [2.75, 3.05) is 16.4 Å². The molecule has 0 bridgehead atoms. The van der Waals surface area contributed by atoms with Crippen LogP contribution in [0.4, 0.5) is 11.4 Å². The Balaban J connectivity index is 1.69. The number of nitrogens with two attached hydrogens (primary N) is 1. The second-order valence-corrected chi connectivity index (χ2v) is 10.5. The van der Waals surface area contributed by atoms with Crippen LogP contribution >= 0.6 is 11.8 Å². The number of rotatable bonds is 8. The van der Waals surface area contributed by atoms with E-state index in [1.807, 2.05) is 16.8 Å². The first kappa shape index (κ1) is 26.8. The molecule has 0 aliphatic carbocycles. The third-order valence-electron chi connectivity index (χ3n) is 6.47. The summed E-state index contributed by atoms with van der Waals surface area (Å²) in [6.45, 7) is 3.41. The maximum atomic E-state index is 13.3. The summed E-state index contributed by atoms with van der Waals surface area (Å²) in [6.07, 6.45) is 4.23. The molecule has 0 radical (unpaired) electrons. The SMILES string of the molecule is CC(=O)Nc1ccc2[nH]cc(C3=C(c4cn(CCCSC(=N)N)c5ccc(NC(C)=O)cc45)C(=O)NC3=O)c2c1. The van der Waals surface area contributed by atoms with Crippen LogP contribution in [-0.2, 0) is 25.7 Å². The van der Waals surface area contributed by atoms with Crippen LogP contribution in [0.3, 0.4) is 0 Å². The number of thioether (sulfide) groups is 1. The van der Waals surface area contributed by atoms with E-state index in [-0.39, 0.29) is 28.1 Å². The standard InChI is InChI=1S/C28H27N7O4S/c1-14(36)32-16-4-6-22-18(10-16)20(12-31-22)24-25(27(39)34-26(24)38)21-13-35(8-3-9-40-28(29)30)23-7-5-17(11-19(21)23)33-15(2)37/h4-7,10-13,31H,3,8-9H2,1-2H3,(H3,29,30)(H,32,36)(H,33,37)(H,34,38,39). The fourth-order valence-electron chi connectivity index (χ4n) is 4.96. The number of carbonyl (C=O) groups is 4. The average Bonchev–Trinajstić information content (AvgIpc) is 3.53. The lowest BCUT2D eigenvalue weighted by Crippen LogP contribution is -2.22. The number of amides is 4. The van der Waals surface area contributed by atoms with Gasteiger partial charge in [-0.05, 0) is 42.8 Å². The van der Waals surface area contributed by atoms with Gasteiger partial charge in [0, 0.05) is 82.8 Å². The number of benzene rings is 2. The molecule has 3 heterocycles. The third kappa shape index (κ3) is 5.21. The lowest BCUT2D eigenvalue weighted by atomic mass is 9.95. The van der Waals surface area contributed by atoms with Crippen LogP contribution in [0, 0.1) is 5.41 Å². The molecule has 4 amide bonds. The molecular formula is C28H27N7O4S. The van der Waals surface area contributed by atoms with E-state index in [1.165, 1.54) is 25.6 Å². The second-order valence-electron chi connectivity index (χ2n) is 9.39. The molecular weight excluding hydrogens is 530 g/mol. The van der Waals surface area contributed by atoms with Crippen molar-refractivity contribution >= 4 is 84.9 Å². The number of nitrogens with one attached hydrogen (secondary N) is 5. The number of aromatic amines is 1. The fourth-order valence-corrected chi connectivity index (χ4v) is 5.45. The van der Waals surface area contributed by atoms with Gasteiger partial charge in [0.1, 0.15) is 0 Å². The third-order valence-corrected chi connectivity index (χ3v) is 7.28. The molecule has 1 aliphatic heterocycles. The maximum Gasteiger partial charge on any atom is 0.259 e. The van der Waals surface area contributed by atoms with E-state index in [0.29, 0.717) is 52.0 Å². The molecule has 7 N–H and O–H groups in total. The molecule has 2 aromatic carbocycles. The molecule has 0 atom stereocenters. The summed E-state index contributed by atoms with van der Waals surface area (Å²) in [4.78, 5) is 53.1. The summed E-state index contributed by atoms with van der Waals surface area (Å²) in [5.74, 6) is -0.863. The highest BCUT2D eigenvalue weighted by Crippen LogP contribution is 2.39. The molecule has 0 saturated carbocycles. The van der Waals surface area contributed by atoms with Crippen molar-refractivity contribution in [3.63, 3.8) is 0 Å². The number of aryl methyl sites for hydroxylation is 1. The predicted molar refractivity (Wildman–Crippen MR) is 158 cm³/mol. The van der Waals surface area contributed by atoms with E-state index in [4.69, 9.17) is 11.1 Å². The van der Waals surface area contributed by atoms with E-state index in [1.54, 1.807) is 36.5 Å². The number of carbonyl (C=O) groups excluding carboxylic acids is 4. The first-order chi connectivity index (χ1) is 19.1. The number of fused-ring (bicyclic) bond motifs is 2. The summed E-state index contributed by atoms with van der Waals surface area (Å²) in [6, 6.07) is 10.7. The number of H-pyrrole nitrogens is 1. The lowest BCUT2D eigenvalue weighted by molar-refractivity contribution is -0.123. The Labute approximate surface area is 233 Å². The zero-order valence-corrected chi connectivity index (χ0v) is 22.6. The molecule has 0 saturated heterocycles. The van der Waals surface area contributed by atoms with Gasteiger partial charge in [-0.25, -0.2) is 0 Å². The van der Waals surface area contributed by atoms with Crippen molar-refractivity contribution in [3.05, 3.63) is 59.9 Å². The van der Waals surface area contributed by atoms with Gasteiger partial charge in [-0.15, -0.1) is 0 Å². The van der Waals surface area contributed by atoms with E-state index >= 15 is 0 Å². The zero-order valence-electron chi connectivity index (χ0n) is 21.8. The number of hydrogen-bond acceptors (Lipinski definition) is 6. The molecule has 5 rings (SSSR count). The van der Waals surface area contributed by atoms with E-state index in [0.717, 1.165) is 11.0 Å². The van der Waals surface area contributed by atoms with Crippen molar-refractivity contribution in [1.82, 2.24) is 14.9 Å². The van der Waals surface area contributed by atoms with Crippen LogP contribution < -0.4 is 21.7 Å². The number of anilines is 2. The molecule has 0 unspecified atom stereocenters. The molecule has 0 fully saturated rings. The molecule has 4 aromatic rings. The molecule has 0 spiro atoms. The highest BCUT2D eigenvalue weighted by atomic mass is 32.2. The van der Waals surface area contributed by atoms with Crippen LogP contribution in [0.15, 0.2) is 48.8 Å². The summed E-state index contributed by atoms with van der Waals surface area (Å²) in [5.41, 5.74) is 9.66. The minimum atomic E-state index is -0.525. The minimum Gasteiger partial charge on any atom is -0.379 e. The van der Waals surface area contributed by atoms with Crippen LogP contribution in [0.2, 0.25) is 0 Å². The van der Waals surface area contributed by atoms with Crippen LogP contribution in [0.25, 0.3) is 33.0 Å². The molecule has 11 nitrogen and oxygen atoms in total. The van der Waals surface area contributed by atoms with E-state index < -0.39 is 11.8 Å².